The van der Waals surface area contributed by atoms with Gasteiger partial charge in [0, 0.05) is 17.7 Å². The van der Waals surface area contributed by atoms with Crippen molar-refractivity contribution in [3.63, 3.8) is 0 Å². The number of rotatable bonds is 9. The first-order chi connectivity index (χ1) is 17.1. The molecule has 0 unspecified atom stereocenters. The Balaban J connectivity index is 1.70. The van der Waals surface area contributed by atoms with Crippen molar-refractivity contribution in [2.24, 2.45) is 0 Å². The molecule has 0 spiro atoms. The molecule has 188 valence electrons. The van der Waals surface area contributed by atoms with Crippen molar-refractivity contribution in [1.82, 2.24) is 20.0 Å². The number of benzene rings is 2. The van der Waals surface area contributed by atoms with Crippen LogP contribution in [0.25, 0.3) is 26.7 Å². The van der Waals surface area contributed by atoms with E-state index in [4.69, 9.17) is 11.6 Å². The van der Waals surface area contributed by atoms with E-state index in [9.17, 15) is 13.2 Å². The predicted octanol–water partition coefficient (Wildman–Crippen LogP) is 5.01. The van der Waals surface area contributed by atoms with Gasteiger partial charge in [0.15, 0.2) is 15.5 Å². The van der Waals surface area contributed by atoms with Gasteiger partial charge in [-0.1, -0.05) is 35.9 Å². The number of thiophene rings is 1. The second kappa shape index (κ2) is 11.0. The monoisotopic (exact) mass is 542 g/mol. The van der Waals surface area contributed by atoms with E-state index in [0.717, 1.165) is 34.0 Å². The Bertz CT molecular complexity index is 1490. The van der Waals surface area contributed by atoms with E-state index in [2.05, 4.69) is 15.3 Å². The zero-order valence-corrected chi connectivity index (χ0v) is 22.6. The second-order valence-electron chi connectivity index (χ2n) is 8.65. The first kappa shape index (κ1) is 26.1. The summed E-state index contributed by atoms with van der Waals surface area (Å²) in [5.74, 6) is -0.251. The summed E-state index contributed by atoms with van der Waals surface area (Å²) in [4.78, 5) is 17.0. The molecule has 0 fully saturated rings. The molecule has 0 aliphatic carbocycles. The Morgan fingerprint density at radius 3 is 2.53 bits per heavy atom. The molecular formula is C26H27ClN4O3S2. The van der Waals surface area contributed by atoms with Crippen molar-refractivity contribution >= 4 is 38.7 Å². The summed E-state index contributed by atoms with van der Waals surface area (Å²) < 4.78 is 25.7. The van der Waals surface area contributed by atoms with Crippen molar-refractivity contribution in [3.05, 3.63) is 77.4 Å². The highest BCUT2D eigenvalue weighted by molar-refractivity contribution is 7.90. The highest BCUT2D eigenvalue weighted by Gasteiger charge is 2.20. The highest BCUT2D eigenvalue weighted by atomic mass is 35.5. The van der Waals surface area contributed by atoms with Crippen LogP contribution in [0.4, 0.5) is 0 Å². The lowest BCUT2D eigenvalue weighted by Crippen LogP contribution is -2.27. The summed E-state index contributed by atoms with van der Waals surface area (Å²) in [5.41, 5.74) is 2.48. The molecule has 2 heterocycles. The first-order valence-electron chi connectivity index (χ1n) is 11.3. The van der Waals surface area contributed by atoms with Crippen LogP contribution in [0, 0.1) is 0 Å². The third kappa shape index (κ3) is 6.04. The maximum absolute atomic E-state index is 12.9. The number of hydrogen-bond donors (Lipinski definition) is 1. The number of sulfone groups is 1. The van der Waals surface area contributed by atoms with E-state index >= 15 is 0 Å². The molecule has 0 bridgehead atoms. The van der Waals surface area contributed by atoms with Gasteiger partial charge in [0.1, 0.15) is 0 Å². The summed E-state index contributed by atoms with van der Waals surface area (Å²) in [6, 6.07) is 19.8. The molecule has 36 heavy (non-hydrogen) atoms. The topological polar surface area (TPSA) is 84.3 Å². The summed E-state index contributed by atoms with van der Waals surface area (Å²) in [5, 5.41) is 8.04. The van der Waals surface area contributed by atoms with Crippen LogP contribution in [0.2, 0.25) is 5.02 Å². The highest BCUT2D eigenvalue weighted by Crippen LogP contribution is 2.37. The van der Waals surface area contributed by atoms with Gasteiger partial charge in [0.25, 0.3) is 5.91 Å². The van der Waals surface area contributed by atoms with Gasteiger partial charge in [0.05, 0.1) is 26.2 Å². The SMILES string of the molecule is CN(C)CCCNC(=O)c1cc(-c2ccc(-c3cccc(S(C)(=O)=O)c3)s2)n(-c2ccccc2Cl)n1. The van der Waals surface area contributed by atoms with Gasteiger partial charge in [-0.3, -0.25) is 4.79 Å². The number of halogens is 1. The van der Waals surface area contributed by atoms with Crippen molar-refractivity contribution < 1.29 is 13.2 Å². The predicted molar refractivity (Wildman–Crippen MR) is 146 cm³/mol. The van der Waals surface area contributed by atoms with Crippen LogP contribution in [0.15, 0.2) is 71.6 Å². The van der Waals surface area contributed by atoms with Crippen LogP contribution < -0.4 is 5.32 Å². The fourth-order valence-corrected chi connectivity index (χ4v) is 5.56. The molecule has 0 aliphatic rings. The summed E-state index contributed by atoms with van der Waals surface area (Å²) in [6.45, 7) is 1.42. The van der Waals surface area contributed by atoms with Gasteiger partial charge in [-0.2, -0.15) is 5.10 Å². The third-order valence-electron chi connectivity index (χ3n) is 5.50. The van der Waals surface area contributed by atoms with Crippen molar-refractivity contribution in [3.8, 4) is 26.7 Å². The van der Waals surface area contributed by atoms with Crippen LogP contribution in [-0.2, 0) is 9.84 Å². The molecule has 0 atom stereocenters. The summed E-state index contributed by atoms with van der Waals surface area (Å²) in [7, 11) is 0.666. The summed E-state index contributed by atoms with van der Waals surface area (Å²) >= 11 is 7.97. The Hall–Kier alpha value is -2.98. The van der Waals surface area contributed by atoms with Crippen LogP contribution in [0.5, 0.6) is 0 Å². The van der Waals surface area contributed by atoms with E-state index < -0.39 is 9.84 Å². The first-order valence-corrected chi connectivity index (χ1v) is 14.4. The lowest BCUT2D eigenvalue weighted by atomic mass is 10.2. The normalized spacial score (nSPS) is 11.7. The van der Waals surface area contributed by atoms with Crippen LogP contribution in [0.1, 0.15) is 16.9 Å². The molecule has 10 heteroatoms. The van der Waals surface area contributed by atoms with Gasteiger partial charge in [-0.15, -0.1) is 11.3 Å². The minimum absolute atomic E-state index is 0.251. The molecule has 4 rings (SSSR count). The van der Waals surface area contributed by atoms with E-state index in [-0.39, 0.29) is 10.8 Å². The van der Waals surface area contributed by atoms with Crippen LogP contribution >= 0.6 is 22.9 Å². The third-order valence-corrected chi connectivity index (χ3v) is 8.08. The van der Waals surface area contributed by atoms with Gasteiger partial charge >= 0.3 is 0 Å². The molecule has 2 aromatic carbocycles. The molecule has 1 amide bonds. The van der Waals surface area contributed by atoms with Crippen molar-refractivity contribution in [1.29, 1.82) is 0 Å². The lowest BCUT2D eigenvalue weighted by Gasteiger charge is -2.09. The van der Waals surface area contributed by atoms with Gasteiger partial charge < -0.3 is 10.2 Å². The van der Waals surface area contributed by atoms with E-state index in [0.29, 0.717) is 22.9 Å². The molecular weight excluding hydrogens is 516 g/mol. The molecule has 0 aliphatic heterocycles. The van der Waals surface area contributed by atoms with Gasteiger partial charge in [0.2, 0.25) is 0 Å². The minimum atomic E-state index is -3.32. The standard InChI is InChI=1S/C26H27ClN4O3S2/c1-30(2)15-7-14-28-26(32)21-17-23(31(29-21)22-11-5-4-10-20(22)27)25-13-12-24(35-25)18-8-6-9-19(16-18)36(3,33)34/h4-6,8-13,16-17H,7,14-15H2,1-3H3,(H,28,32). The van der Waals surface area contributed by atoms with E-state index in [1.807, 2.05) is 50.5 Å². The van der Waals surface area contributed by atoms with Crippen LogP contribution in [-0.4, -0.2) is 62.4 Å². The van der Waals surface area contributed by atoms with Crippen LogP contribution in [0.3, 0.4) is 0 Å². The molecule has 0 saturated carbocycles. The quantitative estimate of drug-likeness (QED) is 0.301. The second-order valence-corrected chi connectivity index (χ2v) is 12.2. The number of carbonyl (C=O) groups is 1. The molecule has 0 saturated heterocycles. The number of nitrogens with zero attached hydrogens (tertiary/aromatic N) is 3. The fraction of sp³-hybridized carbons (Fsp3) is 0.231. The average molecular weight is 543 g/mol. The molecule has 2 aromatic heterocycles. The smallest absolute Gasteiger partial charge is 0.271 e. The lowest BCUT2D eigenvalue weighted by molar-refractivity contribution is 0.0947. The number of nitrogens with one attached hydrogen (secondary N) is 1. The Kier molecular flexibility index (Phi) is 7.94. The minimum Gasteiger partial charge on any atom is -0.351 e. The van der Waals surface area contributed by atoms with Crippen molar-refractivity contribution in [2.45, 2.75) is 11.3 Å². The zero-order valence-electron chi connectivity index (χ0n) is 20.2. The zero-order chi connectivity index (χ0) is 25.9. The number of hydrogen-bond acceptors (Lipinski definition) is 6. The molecule has 0 radical (unpaired) electrons. The largest absolute Gasteiger partial charge is 0.351 e. The molecule has 1 N–H and O–H groups in total. The Morgan fingerprint density at radius 1 is 1.06 bits per heavy atom. The summed E-state index contributed by atoms with van der Waals surface area (Å²) in [6.07, 6.45) is 2.03. The van der Waals surface area contributed by atoms with Crippen molar-refractivity contribution in [2.75, 3.05) is 33.4 Å². The van der Waals surface area contributed by atoms with Gasteiger partial charge in [-0.05, 0) is 75.1 Å². The van der Waals surface area contributed by atoms with Gasteiger partial charge in [-0.25, -0.2) is 13.1 Å². The number of amides is 1. The van der Waals surface area contributed by atoms with E-state index in [1.54, 1.807) is 35.0 Å². The number of carbonyl (C=O) groups excluding carboxylic acids is 1. The molecule has 4 aromatic rings. The average Bonchev–Trinajstić information content (AvgIpc) is 3.49. The maximum Gasteiger partial charge on any atom is 0.271 e. The van der Waals surface area contributed by atoms with E-state index in [1.165, 1.54) is 17.6 Å². The Morgan fingerprint density at radius 2 is 1.81 bits per heavy atom. The number of aromatic nitrogens is 2. The fourth-order valence-electron chi connectivity index (χ4n) is 3.67. The number of para-hydroxylation sites is 1. The Labute approximate surface area is 220 Å². The molecule has 7 nitrogen and oxygen atoms in total. The maximum atomic E-state index is 12.9.